The summed E-state index contributed by atoms with van der Waals surface area (Å²) in [6.45, 7) is 23.6. The number of nitriles is 1. The fraction of sp³-hybridized carbons (Fsp3) is 0.605. The number of ether oxygens (including phenoxy) is 1. The van der Waals surface area contributed by atoms with E-state index in [-0.39, 0.29) is 6.09 Å². The van der Waals surface area contributed by atoms with Crippen LogP contribution in [-0.2, 0) is 4.74 Å². The lowest BCUT2D eigenvalue weighted by Gasteiger charge is -2.39. The SMILES string of the molecule is CC/C=C/C=C(C#N)\C=C(/C)CCC.C\C=C(C(/C(C)=N/C=C/CC)=C(/C)N1CCN(C(=O)OC(C)(C)C)CC1)\C1CCC1. The van der Waals surface area contributed by atoms with E-state index in [0.717, 1.165) is 50.1 Å². The zero-order chi connectivity index (χ0) is 33.1. The summed E-state index contributed by atoms with van der Waals surface area (Å²) in [5.41, 5.74) is 6.61. The third-order valence-electron chi connectivity index (χ3n) is 7.71. The van der Waals surface area contributed by atoms with Crippen molar-refractivity contribution < 1.29 is 9.53 Å². The fourth-order valence-electron chi connectivity index (χ4n) is 5.18. The van der Waals surface area contributed by atoms with Gasteiger partial charge < -0.3 is 14.5 Å². The molecule has 0 aromatic heterocycles. The molecule has 1 saturated carbocycles. The Balaban J connectivity index is 0.000000582. The Morgan fingerprint density at radius 3 is 2.09 bits per heavy atom. The van der Waals surface area contributed by atoms with Crippen molar-refractivity contribution in [3.8, 4) is 6.07 Å². The molecule has 0 spiro atoms. The molecule has 0 aromatic carbocycles. The first-order chi connectivity index (χ1) is 20.9. The summed E-state index contributed by atoms with van der Waals surface area (Å²) in [6.07, 6.45) is 21.9. The minimum Gasteiger partial charge on any atom is -0.444 e. The van der Waals surface area contributed by atoms with Gasteiger partial charge in [0.1, 0.15) is 5.60 Å². The molecule has 2 rings (SSSR count). The predicted molar refractivity (Wildman–Crippen MR) is 188 cm³/mol. The first kappa shape index (κ1) is 38.7. The van der Waals surface area contributed by atoms with Crippen LogP contribution in [0.2, 0.25) is 0 Å². The smallest absolute Gasteiger partial charge is 0.410 e. The van der Waals surface area contributed by atoms with Gasteiger partial charge in [-0.25, -0.2) is 4.79 Å². The Morgan fingerprint density at radius 2 is 1.61 bits per heavy atom. The monoisotopic (exact) mass is 604 g/mol. The molecule has 244 valence electrons. The molecule has 6 heteroatoms. The molecule has 6 nitrogen and oxygen atoms in total. The lowest BCUT2D eigenvalue weighted by Crippen LogP contribution is -2.49. The Kier molecular flexibility index (Phi) is 18.1. The molecule has 1 aliphatic carbocycles. The molecule has 1 saturated heterocycles. The van der Waals surface area contributed by atoms with Crippen molar-refractivity contribution in [1.82, 2.24) is 9.80 Å². The Labute approximate surface area is 269 Å². The summed E-state index contributed by atoms with van der Waals surface area (Å²) in [7, 11) is 0. The zero-order valence-electron chi connectivity index (χ0n) is 29.5. The second-order valence-corrected chi connectivity index (χ2v) is 12.6. The molecule has 0 unspecified atom stereocenters. The minimum atomic E-state index is -0.458. The van der Waals surface area contributed by atoms with Crippen LogP contribution in [0.25, 0.3) is 0 Å². The van der Waals surface area contributed by atoms with Crippen LogP contribution < -0.4 is 0 Å². The van der Waals surface area contributed by atoms with Gasteiger partial charge >= 0.3 is 6.09 Å². The number of aliphatic imine (C=N–C) groups is 1. The van der Waals surface area contributed by atoms with Gasteiger partial charge in [-0.15, -0.1) is 0 Å². The van der Waals surface area contributed by atoms with E-state index in [1.807, 2.05) is 56.2 Å². The lowest BCUT2D eigenvalue weighted by atomic mass is 9.75. The van der Waals surface area contributed by atoms with E-state index >= 15 is 0 Å². The van der Waals surface area contributed by atoms with Crippen LogP contribution in [0.4, 0.5) is 4.79 Å². The van der Waals surface area contributed by atoms with Gasteiger partial charge in [0.25, 0.3) is 0 Å². The summed E-state index contributed by atoms with van der Waals surface area (Å²) in [4.78, 5) is 21.4. The van der Waals surface area contributed by atoms with E-state index in [4.69, 9.17) is 15.0 Å². The van der Waals surface area contributed by atoms with Gasteiger partial charge in [0, 0.05) is 49.4 Å². The molecule has 0 bridgehead atoms. The normalized spacial score (nSPS) is 18.1. The lowest BCUT2D eigenvalue weighted by molar-refractivity contribution is 0.0168. The fourth-order valence-corrected chi connectivity index (χ4v) is 5.18. The molecule has 2 fully saturated rings. The van der Waals surface area contributed by atoms with Gasteiger partial charge in [-0.3, -0.25) is 4.99 Å². The van der Waals surface area contributed by atoms with E-state index in [1.54, 1.807) is 0 Å². The number of hydrogen-bond acceptors (Lipinski definition) is 5. The van der Waals surface area contributed by atoms with Crippen LogP contribution in [0.5, 0.6) is 0 Å². The highest BCUT2D eigenvalue weighted by molar-refractivity contribution is 6.03. The average Bonchev–Trinajstić information content (AvgIpc) is 2.95. The Morgan fingerprint density at radius 1 is 1.00 bits per heavy atom. The quantitative estimate of drug-likeness (QED) is 0.134. The van der Waals surface area contributed by atoms with Crippen LogP contribution in [0, 0.1) is 17.2 Å². The number of piperazine rings is 1. The molecule has 0 N–H and O–H groups in total. The Hall–Kier alpha value is -3.33. The second-order valence-electron chi connectivity index (χ2n) is 12.6. The molecular weight excluding hydrogens is 544 g/mol. The van der Waals surface area contributed by atoms with E-state index in [9.17, 15) is 4.79 Å². The molecular formula is C38H60N4O2. The van der Waals surface area contributed by atoms with E-state index in [1.165, 1.54) is 41.7 Å². The number of carbonyl (C=O) groups is 1. The summed E-state index contributed by atoms with van der Waals surface area (Å²) >= 11 is 0. The van der Waals surface area contributed by atoms with Crippen LogP contribution in [0.1, 0.15) is 114 Å². The molecule has 2 aliphatic rings. The maximum absolute atomic E-state index is 12.4. The topological polar surface area (TPSA) is 68.9 Å². The van der Waals surface area contributed by atoms with Gasteiger partial charge in [-0.1, -0.05) is 63.5 Å². The van der Waals surface area contributed by atoms with Crippen LogP contribution in [-0.4, -0.2) is 53.4 Å². The number of rotatable bonds is 11. The summed E-state index contributed by atoms with van der Waals surface area (Å²) < 4.78 is 5.54. The molecule has 1 aliphatic heterocycles. The highest BCUT2D eigenvalue weighted by Crippen LogP contribution is 2.38. The highest BCUT2D eigenvalue weighted by atomic mass is 16.6. The minimum absolute atomic E-state index is 0.213. The van der Waals surface area contributed by atoms with Gasteiger partial charge in [-0.2, -0.15) is 5.26 Å². The zero-order valence-corrected chi connectivity index (χ0v) is 29.5. The van der Waals surface area contributed by atoms with Crippen molar-refractivity contribution in [1.29, 1.82) is 5.26 Å². The van der Waals surface area contributed by atoms with Crippen LogP contribution in [0.3, 0.4) is 0 Å². The maximum atomic E-state index is 12.4. The molecule has 0 aromatic rings. The molecule has 0 atom stereocenters. The van der Waals surface area contributed by atoms with E-state index < -0.39 is 5.60 Å². The van der Waals surface area contributed by atoms with Crippen molar-refractivity contribution in [3.63, 3.8) is 0 Å². The van der Waals surface area contributed by atoms with Gasteiger partial charge in [0.05, 0.1) is 11.6 Å². The second kappa shape index (κ2) is 20.6. The first-order valence-electron chi connectivity index (χ1n) is 16.7. The van der Waals surface area contributed by atoms with Gasteiger partial charge in [-0.05, 0) is 104 Å². The summed E-state index contributed by atoms with van der Waals surface area (Å²) in [5, 5.41) is 8.85. The highest BCUT2D eigenvalue weighted by Gasteiger charge is 2.30. The maximum Gasteiger partial charge on any atom is 0.410 e. The van der Waals surface area contributed by atoms with E-state index in [2.05, 4.69) is 71.6 Å². The van der Waals surface area contributed by atoms with Crippen LogP contribution >= 0.6 is 0 Å². The number of allylic oxidation sites excluding steroid dienone is 11. The van der Waals surface area contributed by atoms with Crippen LogP contribution in [0.15, 0.2) is 75.6 Å². The molecule has 1 amide bonds. The average molecular weight is 605 g/mol. The number of nitrogens with zero attached hydrogens (tertiary/aromatic N) is 4. The van der Waals surface area contributed by atoms with Crippen molar-refractivity contribution in [2.24, 2.45) is 10.9 Å². The Bertz CT molecular complexity index is 1160. The predicted octanol–water partition coefficient (Wildman–Crippen LogP) is 10.1. The molecule has 0 radical (unpaired) electrons. The molecule has 44 heavy (non-hydrogen) atoms. The van der Waals surface area contributed by atoms with Crippen molar-refractivity contribution in [2.45, 2.75) is 120 Å². The standard InChI is InChI=1S/C25H41N3O2.C13H19N/c1-8-10-14-26-19(3)23(22(9-2)21-12-11-13-21)20(4)27-15-17-28(18-16-27)24(29)30-25(5,6)7;1-4-6-7-9-13(11-14)10-12(3)8-5-2/h9-10,14,21H,8,11-13,15-18H2,1-7H3;6-7,9-10H,4-5,8H2,1-3H3/b14-10+,22-9-,23-20-,26-19+;7-6+,12-10+,13-9+. The summed E-state index contributed by atoms with van der Waals surface area (Å²) in [5.74, 6) is 0.642. The third kappa shape index (κ3) is 14.0. The van der Waals surface area contributed by atoms with Crippen molar-refractivity contribution in [2.75, 3.05) is 26.2 Å². The van der Waals surface area contributed by atoms with Gasteiger partial charge in [0.15, 0.2) is 0 Å². The first-order valence-corrected chi connectivity index (χ1v) is 16.7. The number of hydrogen-bond donors (Lipinski definition) is 0. The largest absolute Gasteiger partial charge is 0.444 e. The number of amides is 1. The number of carbonyl (C=O) groups excluding carboxylic acids is 1. The van der Waals surface area contributed by atoms with Gasteiger partial charge in [0.2, 0.25) is 0 Å². The van der Waals surface area contributed by atoms with Crippen molar-refractivity contribution in [3.05, 3.63) is 70.6 Å². The van der Waals surface area contributed by atoms with E-state index in [0.29, 0.717) is 19.0 Å². The van der Waals surface area contributed by atoms with Crippen molar-refractivity contribution >= 4 is 11.8 Å². The molecule has 1 heterocycles. The third-order valence-corrected chi connectivity index (χ3v) is 7.71. The summed E-state index contributed by atoms with van der Waals surface area (Å²) in [6, 6.07) is 2.18.